The number of aromatic nitrogens is 3. The van der Waals surface area contributed by atoms with E-state index < -0.39 is 17.7 Å². The molecular weight excluding hydrogens is 510 g/mol. The van der Waals surface area contributed by atoms with Crippen molar-refractivity contribution < 1.29 is 14.6 Å². The Bertz CT molecular complexity index is 1720. The highest BCUT2D eigenvalue weighted by molar-refractivity contribution is 7.21. The van der Waals surface area contributed by atoms with Gasteiger partial charge >= 0.3 is 5.97 Å². The molecule has 0 saturated heterocycles. The minimum atomic E-state index is -1.21. The molecule has 0 aliphatic rings. The van der Waals surface area contributed by atoms with Crippen molar-refractivity contribution >= 4 is 49.9 Å². The topological polar surface area (TPSA) is 94.3 Å². The maximum absolute atomic E-state index is 13.3. The summed E-state index contributed by atoms with van der Waals surface area (Å²) in [4.78, 5) is 34.6. The number of rotatable bonds is 5. The first-order valence-electron chi connectivity index (χ1n) is 11.6. The van der Waals surface area contributed by atoms with Crippen molar-refractivity contribution in [3.63, 3.8) is 0 Å². The molecule has 1 atom stereocenters. The van der Waals surface area contributed by atoms with Gasteiger partial charge in [0.2, 0.25) is 0 Å². The number of halogens is 1. The van der Waals surface area contributed by atoms with E-state index in [0.29, 0.717) is 32.2 Å². The van der Waals surface area contributed by atoms with Crippen molar-refractivity contribution in [2.45, 2.75) is 39.4 Å². The highest BCUT2D eigenvalue weighted by Gasteiger charge is 2.32. The lowest BCUT2D eigenvalue weighted by atomic mass is 9.91. The van der Waals surface area contributed by atoms with Crippen LogP contribution >= 0.6 is 22.9 Å². The molecule has 0 saturated carbocycles. The first kappa shape index (κ1) is 25.1. The zero-order valence-electron chi connectivity index (χ0n) is 20.7. The number of benzene rings is 2. The summed E-state index contributed by atoms with van der Waals surface area (Å²) in [7, 11) is 0. The summed E-state index contributed by atoms with van der Waals surface area (Å²) >= 11 is 7.49. The monoisotopic (exact) mass is 533 g/mol. The van der Waals surface area contributed by atoms with Crippen molar-refractivity contribution in [3.05, 3.63) is 87.6 Å². The summed E-state index contributed by atoms with van der Waals surface area (Å²) in [6.45, 7) is 7.33. The van der Waals surface area contributed by atoms with Gasteiger partial charge in [-0.25, -0.2) is 9.78 Å². The van der Waals surface area contributed by atoms with Crippen molar-refractivity contribution in [2.24, 2.45) is 0 Å². The molecule has 3 aromatic heterocycles. The first-order valence-corrected chi connectivity index (χ1v) is 12.8. The summed E-state index contributed by atoms with van der Waals surface area (Å²) in [6, 6.07) is 12.6. The van der Waals surface area contributed by atoms with Crippen molar-refractivity contribution in [2.75, 3.05) is 0 Å². The number of aryl methyl sites for hydroxylation is 1. The van der Waals surface area contributed by atoms with E-state index in [1.54, 1.807) is 36.8 Å². The van der Waals surface area contributed by atoms with Crippen LogP contribution in [0.3, 0.4) is 0 Å². The zero-order valence-corrected chi connectivity index (χ0v) is 22.2. The van der Waals surface area contributed by atoms with E-state index in [2.05, 4.69) is 4.98 Å². The lowest BCUT2D eigenvalue weighted by molar-refractivity contribution is -0.160. The average Bonchev–Trinajstić information content (AvgIpc) is 3.25. The molecule has 0 unspecified atom stereocenters. The molecule has 188 valence electrons. The Labute approximate surface area is 222 Å². The third kappa shape index (κ3) is 4.75. The summed E-state index contributed by atoms with van der Waals surface area (Å²) < 4.78 is 8.32. The first-order chi connectivity index (χ1) is 17.5. The second kappa shape index (κ2) is 9.37. The van der Waals surface area contributed by atoms with Gasteiger partial charge in [0.1, 0.15) is 0 Å². The van der Waals surface area contributed by atoms with E-state index in [0.717, 1.165) is 21.2 Å². The number of hydrogen-bond acceptors (Lipinski definition) is 6. The van der Waals surface area contributed by atoms with Crippen LogP contribution in [0.4, 0.5) is 0 Å². The quantitative estimate of drug-likeness (QED) is 0.275. The SMILES string of the molecule is Cc1cc2nc(-n3ccc4cnccc4c3=O)sc2c(-c2ccc(Cl)cc2)c1[C@H](OC(C)(C)C)C(=O)O. The van der Waals surface area contributed by atoms with E-state index >= 15 is 0 Å². The molecule has 2 aromatic carbocycles. The van der Waals surface area contributed by atoms with E-state index in [-0.39, 0.29) is 5.56 Å². The number of thiazole rings is 1. The highest BCUT2D eigenvalue weighted by Crippen LogP contribution is 2.43. The molecule has 5 rings (SSSR count). The molecule has 0 bridgehead atoms. The lowest BCUT2D eigenvalue weighted by Gasteiger charge is -2.28. The largest absolute Gasteiger partial charge is 0.479 e. The van der Waals surface area contributed by atoms with Gasteiger partial charge < -0.3 is 9.84 Å². The molecule has 5 aromatic rings. The van der Waals surface area contributed by atoms with Crippen LogP contribution < -0.4 is 5.56 Å². The zero-order chi connectivity index (χ0) is 26.5. The summed E-state index contributed by atoms with van der Waals surface area (Å²) in [6.07, 6.45) is 3.70. The third-order valence-corrected chi connectivity index (χ3v) is 7.26. The second-order valence-corrected chi connectivity index (χ2v) is 11.1. The molecule has 7 nitrogen and oxygen atoms in total. The molecule has 0 spiro atoms. The lowest BCUT2D eigenvalue weighted by Crippen LogP contribution is -2.28. The fourth-order valence-electron chi connectivity index (χ4n) is 4.37. The van der Waals surface area contributed by atoms with E-state index in [9.17, 15) is 14.7 Å². The van der Waals surface area contributed by atoms with Crippen LogP contribution in [-0.2, 0) is 9.53 Å². The maximum Gasteiger partial charge on any atom is 0.337 e. The number of ether oxygens (including phenoxy) is 1. The van der Waals surface area contributed by atoms with Crippen LogP contribution in [0.1, 0.15) is 38.0 Å². The van der Waals surface area contributed by atoms with Crippen LogP contribution in [0, 0.1) is 6.92 Å². The van der Waals surface area contributed by atoms with Crippen LogP contribution in [0.15, 0.2) is 65.8 Å². The molecule has 3 heterocycles. The summed E-state index contributed by atoms with van der Waals surface area (Å²) in [5.41, 5.74) is 2.51. The number of hydrogen-bond donors (Lipinski definition) is 1. The minimum absolute atomic E-state index is 0.205. The fourth-order valence-corrected chi connectivity index (χ4v) is 5.60. The Morgan fingerprint density at radius 2 is 1.89 bits per heavy atom. The molecule has 0 aliphatic heterocycles. The van der Waals surface area contributed by atoms with Gasteiger partial charge in [-0.3, -0.25) is 14.3 Å². The van der Waals surface area contributed by atoms with Crippen LogP contribution in [0.25, 0.3) is 37.2 Å². The van der Waals surface area contributed by atoms with Gasteiger partial charge in [-0.1, -0.05) is 35.1 Å². The van der Waals surface area contributed by atoms with Gasteiger partial charge in [0, 0.05) is 40.1 Å². The predicted molar refractivity (Wildman–Crippen MR) is 147 cm³/mol. The van der Waals surface area contributed by atoms with Crippen LogP contribution in [0.5, 0.6) is 0 Å². The van der Waals surface area contributed by atoms with Gasteiger partial charge in [0.15, 0.2) is 11.2 Å². The number of pyridine rings is 2. The standard InChI is InChI=1S/C28H24ClN3O4S/c1-15-13-20-24(37-27(31-20)32-12-10-17-14-30-11-9-19(17)25(32)33)22(16-5-7-18(29)8-6-16)21(15)23(26(34)35)36-28(2,3)4/h5-14,23H,1-4H3,(H,34,35)/t23-/m0/s1. The number of carbonyl (C=O) groups is 1. The molecule has 1 N–H and O–H groups in total. The smallest absolute Gasteiger partial charge is 0.337 e. The van der Waals surface area contributed by atoms with Gasteiger partial charge in [-0.05, 0) is 69.2 Å². The normalized spacial score (nSPS) is 12.8. The number of carboxylic acid groups (broad SMARTS) is 1. The Kier molecular flexibility index (Phi) is 6.35. The third-order valence-electron chi connectivity index (χ3n) is 5.92. The molecule has 37 heavy (non-hydrogen) atoms. The maximum atomic E-state index is 13.3. The Balaban J connectivity index is 1.81. The number of nitrogens with zero attached hydrogens (tertiary/aromatic N) is 3. The summed E-state index contributed by atoms with van der Waals surface area (Å²) in [5, 5.41) is 12.5. The molecule has 9 heteroatoms. The predicted octanol–water partition coefficient (Wildman–Crippen LogP) is 6.57. The van der Waals surface area contributed by atoms with Gasteiger partial charge in [-0.15, -0.1) is 0 Å². The van der Waals surface area contributed by atoms with Crippen molar-refractivity contribution in [1.29, 1.82) is 0 Å². The van der Waals surface area contributed by atoms with Crippen LogP contribution in [0.2, 0.25) is 5.02 Å². The molecular formula is C28H24ClN3O4S. The van der Waals surface area contributed by atoms with Gasteiger partial charge in [0.05, 0.1) is 21.2 Å². The number of carboxylic acids is 1. The Hall–Kier alpha value is -3.59. The fraction of sp³-hybridized carbons (Fsp3) is 0.214. The van der Waals surface area contributed by atoms with Gasteiger partial charge in [0.25, 0.3) is 5.56 Å². The second-order valence-electron chi connectivity index (χ2n) is 9.74. The number of fused-ring (bicyclic) bond motifs is 2. The Morgan fingerprint density at radius 3 is 2.57 bits per heavy atom. The van der Waals surface area contributed by atoms with E-state index in [4.69, 9.17) is 21.3 Å². The van der Waals surface area contributed by atoms with Crippen molar-refractivity contribution in [1.82, 2.24) is 14.5 Å². The summed E-state index contributed by atoms with van der Waals surface area (Å²) in [5.74, 6) is -1.09. The van der Waals surface area contributed by atoms with E-state index in [1.807, 2.05) is 52.0 Å². The highest BCUT2D eigenvalue weighted by atomic mass is 35.5. The average molecular weight is 534 g/mol. The van der Waals surface area contributed by atoms with Crippen molar-refractivity contribution in [3.8, 4) is 16.3 Å². The molecule has 0 fully saturated rings. The minimum Gasteiger partial charge on any atom is -0.479 e. The number of aliphatic carboxylic acids is 1. The van der Waals surface area contributed by atoms with Gasteiger partial charge in [-0.2, -0.15) is 0 Å². The molecule has 0 aliphatic carbocycles. The molecule has 0 amide bonds. The van der Waals surface area contributed by atoms with E-state index in [1.165, 1.54) is 15.9 Å². The van der Waals surface area contributed by atoms with Crippen LogP contribution in [-0.4, -0.2) is 31.2 Å². The Morgan fingerprint density at radius 1 is 1.16 bits per heavy atom. The molecule has 0 radical (unpaired) electrons.